The topological polar surface area (TPSA) is 93.5 Å². The zero-order chi connectivity index (χ0) is 16.5. The van der Waals surface area contributed by atoms with Gasteiger partial charge >= 0.3 is 0 Å². The molecule has 0 aromatic heterocycles. The van der Waals surface area contributed by atoms with Gasteiger partial charge in [0, 0.05) is 6.04 Å². The number of benzene rings is 1. The molecule has 1 aromatic carbocycles. The molecule has 1 aliphatic rings. The highest BCUT2D eigenvalue weighted by atomic mass is 16.5. The van der Waals surface area contributed by atoms with Crippen LogP contribution in [0.5, 0.6) is 5.75 Å². The summed E-state index contributed by atoms with van der Waals surface area (Å²) in [5.41, 5.74) is 5.75. The molecule has 1 saturated carbocycles. The number of nitrogens with one attached hydrogen (secondary N) is 2. The number of hydrogen-bond acceptors (Lipinski definition) is 4. The van der Waals surface area contributed by atoms with Crippen molar-refractivity contribution in [1.82, 2.24) is 10.6 Å². The van der Waals surface area contributed by atoms with E-state index in [1.807, 2.05) is 18.2 Å². The molecule has 0 heterocycles. The largest absolute Gasteiger partial charge is 0.484 e. The Morgan fingerprint density at radius 1 is 1.13 bits per heavy atom. The van der Waals surface area contributed by atoms with Crippen LogP contribution >= 0.6 is 0 Å². The van der Waals surface area contributed by atoms with E-state index in [-0.39, 0.29) is 31.0 Å². The number of ether oxygens (including phenoxy) is 1. The van der Waals surface area contributed by atoms with Crippen LogP contribution in [0.2, 0.25) is 0 Å². The quantitative estimate of drug-likeness (QED) is 0.693. The summed E-state index contributed by atoms with van der Waals surface area (Å²) >= 11 is 0. The van der Waals surface area contributed by atoms with E-state index in [0.717, 1.165) is 19.3 Å². The fourth-order valence-corrected chi connectivity index (χ4v) is 2.83. The third-order valence-corrected chi connectivity index (χ3v) is 4.12. The van der Waals surface area contributed by atoms with E-state index in [9.17, 15) is 9.59 Å². The van der Waals surface area contributed by atoms with Gasteiger partial charge in [0.15, 0.2) is 6.61 Å². The smallest absolute Gasteiger partial charge is 0.258 e. The number of para-hydroxylation sites is 1. The highest BCUT2D eigenvalue weighted by molar-refractivity contribution is 5.85. The lowest BCUT2D eigenvalue weighted by molar-refractivity contribution is -0.127. The van der Waals surface area contributed by atoms with Gasteiger partial charge in [-0.3, -0.25) is 9.59 Å². The summed E-state index contributed by atoms with van der Waals surface area (Å²) in [4.78, 5) is 23.6. The van der Waals surface area contributed by atoms with Crippen molar-refractivity contribution in [3.05, 3.63) is 30.3 Å². The number of carbonyl (C=O) groups excluding carboxylic acids is 2. The number of hydrogen-bond donors (Lipinski definition) is 3. The molecule has 2 atom stereocenters. The van der Waals surface area contributed by atoms with Crippen molar-refractivity contribution in [3.8, 4) is 5.75 Å². The van der Waals surface area contributed by atoms with Crippen molar-refractivity contribution in [1.29, 1.82) is 0 Å². The molecule has 0 bridgehead atoms. The zero-order valence-electron chi connectivity index (χ0n) is 13.3. The maximum atomic E-state index is 11.9. The summed E-state index contributed by atoms with van der Waals surface area (Å²) < 4.78 is 5.32. The van der Waals surface area contributed by atoms with E-state index in [1.165, 1.54) is 6.42 Å². The summed E-state index contributed by atoms with van der Waals surface area (Å²) in [7, 11) is 0. The highest BCUT2D eigenvalue weighted by Crippen LogP contribution is 2.23. The lowest BCUT2D eigenvalue weighted by Crippen LogP contribution is -2.48. The first-order valence-electron chi connectivity index (χ1n) is 8.13. The van der Waals surface area contributed by atoms with Crippen molar-refractivity contribution < 1.29 is 14.3 Å². The van der Waals surface area contributed by atoms with Gasteiger partial charge in [0.25, 0.3) is 5.91 Å². The Bertz CT molecular complexity index is 507. The highest BCUT2D eigenvalue weighted by Gasteiger charge is 2.25. The van der Waals surface area contributed by atoms with Crippen LogP contribution in [0.15, 0.2) is 30.3 Å². The van der Waals surface area contributed by atoms with Crippen LogP contribution in [0.3, 0.4) is 0 Å². The summed E-state index contributed by atoms with van der Waals surface area (Å²) in [6, 6.07) is 9.21. The standard InChI is InChI=1S/C17H25N3O3/c18-10-13-6-4-5-9-15(13)20-16(21)11-19-17(22)12-23-14-7-2-1-3-8-14/h1-3,7-8,13,15H,4-6,9-12,18H2,(H,19,22)(H,20,21). The Morgan fingerprint density at radius 3 is 2.61 bits per heavy atom. The number of nitrogens with two attached hydrogens (primary N) is 1. The molecule has 1 fully saturated rings. The number of amides is 2. The van der Waals surface area contributed by atoms with Crippen molar-refractivity contribution in [2.45, 2.75) is 31.7 Å². The molecule has 23 heavy (non-hydrogen) atoms. The first-order valence-corrected chi connectivity index (χ1v) is 8.13. The van der Waals surface area contributed by atoms with Gasteiger partial charge in [-0.2, -0.15) is 0 Å². The molecule has 0 saturated heterocycles. The second-order valence-corrected chi connectivity index (χ2v) is 5.83. The summed E-state index contributed by atoms with van der Waals surface area (Å²) in [6.07, 6.45) is 4.29. The fraction of sp³-hybridized carbons (Fsp3) is 0.529. The molecule has 0 spiro atoms. The van der Waals surface area contributed by atoms with Crippen LogP contribution in [0.1, 0.15) is 25.7 Å². The molecule has 0 radical (unpaired) electrons. The Kier molecular flexibility index (Phi) is 6.87. The Hall–Kier alpha value is -2.08. The Morgan fingerprint density at radius 2 is 1.87 bits per heavy atom. The maximum Gasteiger partial charge on any atom is 0.258 e. The minimum absolute atomic E-state index is 0.0369. The van der Waals surface area contributed by atoms with Gasteiger partial charge in [-0.25, -0.2) is 0 Å². The third-order valence-electron chi connectivity index (χ3n) is 4.12. The summed E-state index contributed by atoms with van der Waals surface area (Å²) in [5.74, 6) is 0.469. The van der Waals surface area contributed by atoms with Crippen LogP contribution in [0.25, 0.3) is 0 Å². The summed E-state index contributed by atoms with van der Waals surface area (Å²) in [6.45, 7) is 0.444. The van der Waals surface area contributed by atoms with E-state index in [1.54, 1.807) is 12.1 Å². The third kappa shape index (κ3) is 5.90. The summed E-state index contributed by atoms with van der Waals surface area (Å²) in [5, 5.41) is 5.54. The average Bonchev–Trinajstić information content (AvgIpc) is 2.59. The van der Waals surface area contributed by atoms with Crippen LogP contribution in [0.4, 0.5) is 0 Å². The fourth-order valence-electron chi connectivity index (χ4n) is 2.83. The monoisotopic (exact) mass is 319 g/mol. The van der Waals surface area contributed by atoms with Gasteiger partial charge in [0.2, 0.25) is 5.91 Å². The van der Waals surface area contributed by atoms with Gasteiger partial charge in [0.05, 0.1) is 6.54 Å². The SMILES string of the molecule is NCC1CCCCC1NC(=O)CNC(=O)COc1ccccc1. The van der Waals surface area contributed by atoms with Crippen molar-refractivity contribution in [2.75, 3.05) is 19.7 Å². The molecule has 2 amide bonds. The van der Waals surface area contributed by atoms with Crippen LogP contribution < -0.4 is 21.1 Å². The zero-order valence-corrected chi connectivity index (χ0v) is 13.3. The number of carbonyl (C=O) groups is 2. The molecule has 4 N–H and O–H groups in total. The molecule has 2 unspecified atom stereocenters. The van der Waals surface area contributed by atoms with Gasteiger partial charge < -0.3 is 21.1 Å². The molecule has 6 nitrogen and oxygen atoms in total. The lowest BCUT2D eigenvalue weighted by atomic mass is 9.84. The predicted octanol–water partition coefficient (Wildman–Crippen LogP) is 0.815. The molecule has 6 heteroatoms. The van der Waals surface area contributed by atoms with Gasteiger partial charge in [0.1, 0.15) is 5.75 Å². The second kappa shape index (κ2) is 9.15. The minimum atomic E-state index is -0.317. The normalized spacial score (nSPS) is 20.6. The van der Waals surface area contributed by atoms with E-state index < -0.39 is 0 Å². The molecular weight excluding hydrogens is 294 g/mol. The van der Waals surface area contributed by atoms with E-state index >= 15 is 0 Å². The van der Waals surface area contributed by atoms with E-state index in [2.05, 4.69) is 10.6 Å². The second-order valence-electron chi connectivity index (χ2n) is 5.83. The van der Waals surface area contributed by atoms with Gasteiger partial charge in [-0.1, -0.05) is 31.0 Å². The molecule has 2 rings (SSSR count). The van der Waals surface area contributed by atoms with Crippen LogP contribution in [-0.4, -0.2) is 37.6 Å². The van der Waals surface area contributed by atoms with Crippen molar-refractivity contribution in [2.24, 2.45) is 11.7 Å². The van der Waals surface area contributed by atoms with Crippen LogP contribution in [-0.2, 0) is 9.59 Å². The molecule has 1 aromatic rings. The molecule has 126 valence electrons. The van der Waals surface area contributed by atoms with E-state index in [0.29, 0.717) is 18.2 Å². The van der Waals surface area contributed by atoms with E-state index in [4.69, 9.17) is 10.5 Å². The van der Waals surface area contributed by atoms with Crippen LogP contribution in [0, 0.1) is 5.92 Å². The average molecular weight is 319 g/mol. The lowest BCUT2D eigenvalue weighted by Gasteiger charge is -2.31. The van der Waals surface area contributed by atoms with Crippen molar-refractivity contribution >= 4 is 11.8 Å². The molecular formula is C17H25N3O3. The Labute approximate surface area is 136 Å². The minimum Gasteiger partial charge on any atom is -0.484 e. The maximum absolute atomic E-state index is 11.9. The molecule has 1 aliphatic carbocycles. The molecule has 0 aliphatic heterocycles. The van der Waals surface area contributed by atoms with Gasteiger partial charge in [-0.15, -0.1) is 0 Å². The first kappa shape index (κ1) is 17.3. The van der Waals surface area contributed by atoms with Gasteiger partial charge in [-0.05, 0) is 37.4 Å². The predicted molar refractivity (Wildman–Crippen MR) is 87.9 cm³/mol. The number of rotatable bonds is 7. The Balaban J connectivity index is 1.66. The van der Waals surface area contributed by atoms with Crippen molar-refractivity contribution in [3.63, 3.8) is 0 Å². The first-order chi connectivity index (χ1) is 11.2.